The maximum absolute atomic E-state index is 12.1. The second kappa shape index (κ2) is 13.2. The van der Waals surface area contributed by atoms with Gasteiger partial charge in [0.25, 0.3) is 0 Å². The lowest BCUT2D eigenvalue weighted by Gasteiger charge is -2.12. The third kappa shape index (κ3) is 8.29. The molecule has 0 bridgehead atoms. The van der Waals surface area contributed by atoms with Crippen molar-refractivity contribution < 1.29 is 9.53 Å². The molecule has 1 amide bonds. The van der Waals surface area contributed by atoms with Crippen molar-refractivity contribution in [2.24, 2.45) is 0 Å². The summed E-state index contributed by atoms with van der Waals surface area (Å²) < 4.78 is 5.79. The standard InChI is InChI=1S/C28H28ClN7O2/c1-36(2)14-6-10-28(37)35-21-9-5-8-20(15-21)33-26-17-27(32-19-31-26)34-22-11-12-25(24(29)16-22)38-18-23-7-3-4-13-30-23/h3-13,15-17,19H,14,18H2,1-2H3,(H,35,37)(H2,31,32,33,34)/b10-6+. The van der Waals surface area contributed by atoms with E-state index in [1.165, 1.54) is 12.4 Å². The number of carbonyl (C=O) groups is 1. The highest BCUT2D eigenvalue weighted by molar-refractivity contribution is 6.32. The Hall–Kier alpha value is -4.47. The molecule has 194 valence electrons. The van der Waals surface area contributed by atoms with Crippen LogP contribution < -0.4 is 20.7 Å². The van der Waals surface area contributed by atoms with Gasteiger partial charge in [0.15, 0.2) is 0 Å². The van der Waals surface area contributed by atoms with Gasteiger partial charge in [-0.25, -0.2) is 9.97 Å². The van der Waals surface area contributed by atoms with Crippen LogP contribution in [0.4, 0.5) is 28.7 Å². The minimum absolute atomic E-state index is 0.190. The molecule has 2 heterocycles. The first-order valence-electron chi connectivity index (χ1n) is 11.9. The first-order valence-corrected chi connectivity index (χ1v) is 12.2. The maximum atomic E-state index is 12.1. The number of carbonyl (C=O) groups excluding carboxylic acids is 1. The monoisotopic (exact) mass is 529 g/mol. The molecule has 0 atom stereocenters. The van der Waals surface area contributed by atoms with E-state index in [2.05, 4.69) is 30.9 Å². The molecular weight excluding hydrogens is 502 g/mol. The summed E-state index contributed by atoms with van der Waals surface area (Å²) in [4.78, 5) is 26.9. The first-order chi connectivity index (χ1) is 18.4. The normalized spacial score (nSPS) is 10.9. The number of ether oxygens (including phenoxy) is 1. The number of benzene rings is 2. The largest absolute Gasteiger partial charge is 0.486 e. The molecule has 4 rings (SSSR count). The van der Waals surface area contributed by atoms with Crippen LogP contribution in [0.2, 0.25) is 5.02 Å². The Balaban J connectivity index is 1.36. The zero-order chi connectivity index (χ0) is 26.7. The zero-order valence-electron chi connectivity index (χ0n) is 21.1. The number of hydrogen-bond acceptors (Lipinski definition) is 8. The van der Waals surface area contributed by atoms with E-state index >= 15 is 0 Å². The summed E-state index contributed by atoms with van der Waals surface area (Å²) in [6.07, 6.45) is 6.51. The highest BCUT2D eigenvalue weighted by Crippen LogP contribution is 2.30. The van der Waals surface area contributed by atoms with E-state index in [1.807, 2.05) is 73.6 Å². The second-order valence-electron chi connectivity index (χ2n) is 8.53. The second-order valence-corrected chi connectivity index (χ2v) is 8.94. The number of hydrogen-bond donors (Lipinski definition) is 3. The Labute approximate surface area is 226 Å². The third-order valence-electron chi connectivity index (χ3n) is 5.12. The molecule has 0 aliphatic rings. The predicted octanol–water partition coefficient (Wildman–Crippen LogP) is 5.65. The van der Waals surface area contributed by atoms with Crippen LogP contribution >= 0.6 is 11.6 Å². The van der Waals surface area contributed by atoms with Gasteiger partial charge in [0.2, 0.25) is 5.91 Å². The van der Waals surface area contributed by atoms with E-state index in [0.29, 0.717) is 41.2 Å². The predicted molar refractivity (Wildman–Crippen MR) is 151 cm³/mol. The molecule has 0 fully saturated rings. The van der Waals surface area contributed by atoms with E-state index in [-0.39, 0.29) is 5.91 Å². The summed E-state index contributed by atoms with van der Waals surface area (Å²) in [5.41, 5.74) is 3.00. The van der Waals surface area contributed by atoms with Crippen LogP contribution in [-0.2, 0) is 11.4 Å². The molecular formula is C28H28ClN7O2. The van der Waals surface area contributed by atoms with Gasteiger partial charge in [0, 0.05) is 41.9 Å². The smallest absolute Gasteiger partial charge is 0.248 e. The van der Waals surface area contributed by atoms with Gasteiger partial charge in [0.05, 0.1) is 10.7 Å². The van der Waals surface area contributed by atoms with Gasteiger partial charge in [-0.15, -0.1) is 0 Å². The van der Waals surface area contributed by atoms with Crippen molar-refractivity contribution in [3.8, 4) is 5.75 Å². The summed E-state index contributed by atoms with van der Waals surface area (Å²) in [6, 6.07) is 20.2. The Kier molecular flexibility index (Phi) is 9.22. The molecule has 10 heteroatoms. The van der Waals surface area contributed by atoms with Crippen molar-refractivity contribution >= 4 is 46.2 Å². The lowest BCUT2D eigenvalue weighted by molar-refractivity contribution is -0.111. The van der Waals surface area contributed by atoms with Gasteiger partial charge in [-0.3, -0.25) is 9.78 Å². The summed E-state index contributed by atoms with van der Waals surface area (Å²) in [5, 5.41) is 9.79. The summed E-state index contributed by atoms with van der Waals surface area (Å²) >= 11 is 6.43. The van der Waals surface area contributed by atoms with Crippen molar-refractivity contribution in [2.45, 2.75) is 6.61 Å². The summed E-state index contributed by atoms with van der Waals surface area (Å²) in [5.74, 6) is 1.53. The van der Waals surface area contributed by atoms with Crippen LogP contribution in [0.5, 0.6) is 5.75 Å². The van der Waals surface area contributed by atoms with Gasteiger partial charge in [-0.1, -0.05) is 29.8 Å². The van der Waals surface area contributed by atoms with Crippen molar-refractivity contribution in [1.82, 2.24) is 19.9 Å². The van der Waals surface area contributed by atoms with Crippen molar-refractivity contribution in [1.29, 1.82) is 0 Å². The molecule has 3 N–H and O–H groups in total. The van der Waals surface area contributed by atoms with Crippen LogP contribution in [0.15, 0.2) is 91.4 Å². The Bertz CT molecular complexity index is 1400. The number of aromatic nitrogens is 3. The Morgan fingerprint density at radius 3 is 2.39 bits per heavy atom. The minimum Gasteiger partial charge on any atom is -0.486 e. The average Bonchev–Trinajstić information content (AvgIpc) is 2.89. The number of anilines is 5. The molecule has 2 aromatic carbocycles. The number of pyridine rings is 1. The van der Waals surface area contributed by atoms with E-state index in [9.17, 15) is 4.79 Å². The quantitative estimate of drug-likeness (QED) is 0.214. The van der Waals surface area contributed by atoms with E-state index in [1.54, 1.807) is 24.4 Å². The molecule has 0 unspecified atom stereocenters. The number of amides is 1. The molecule has 2 aromatic heterocycles. The molecule has 0 saturated heterocycles. The number of nitrogens with one attached hydrogen (secondary N) is 3. The molecule has 0 aliphatic heterocycles. The van der Waals surface area contributed by atoms with Gasteiger partial charge in [-0.2, -0.15) is 0 Å². The molecule has 0 spiro atoms. The lowest BCUT2D eigenvalue weighted by Crippen LogP contribution is -2.12. The van der Waals surface area contributed by atoms with Crippen molar-refractivity contribution in [3.05, 3.63) is 102 Å². The molecule has 0 saturated carbocycles. The Morgan fingerprint density at radius 1 is 0.921 bits per heavy atom. The highest BCUT2D eigenvalue weighted by atomic mass is 35.5. The zero-order valence-corrected chi connectivity index (χ0v) is 21.8. The fraction of sp³-hybridized carbons (Fsp3) is 0.143. The van der Waals surface area contributed by atoms with Crippen LogP contribution in [-0.4, -0.2) is 46.4 Å². The fourth-order valence-corrected chi connectivity index (χ4v) is 3.58. The van der Waals surface area contributed by atoms with Crippen molar-refractivity contribution in [2.75, 3.05) is 36.6 Å². The van der Waals surface area contributed by atoms with E-state index < -0.39 is 0 Å². The first kappa shape index (κ1) is 26.6. The summed E-state index contributed by atoms with van der Waals surface area (Å²) in [6.45, 7) is 1.02. The maximum Gasteiger partial charge on any atom is 0.248 e. The van der Waals surface area contributed by atoms with E-state index in [4.69, 9.17) is 16.3 Å². The molecule has 9 nitrogen and oxygen atoms in total. The summed E-state index contributed by atoms with van der Waals surface area (Å²) in [7, 11) is 3.88. The number of halogens is 1. The minimum atomic E-state index is -0.190. The number of rotatable bonds is 11. The highest BCUT2D eigenvalue weighted by Gasteiger charge is 2.07. The van der Waals surface area contributed by atoms with Crippen LogP contribution in [0.3, 0.4) is 0 Å². The lowest BCUT2D eigenvalue weighted by atomic mass is 10.2. The van der Waals surface area contributed by atoms with Gasteiger partial charge in [0.1, 0.15) is 30.3 Å². The molecule has 0 aliphatic carbocycles. The van der Waals surface area contributed by atoms with E-state index in [0.717, 1.165) is 17.1 Å². The van der Waals surface area contributed by atoms with Crippen LogP contribution in [0, 0.1) is 0 Å². The number of likely N-dealkylation sites (N-methyl/N-ethyl adjacent to an activating group) is 1. The van der Waals surface area contributed by atoms with Gasteiger partial charge < -0.3 is 25.6 Å². The Morgan fingerprint density at radius 2 is 1.68 bits per heavy atom. The molecule has 4 aromatic rings. The van der Waals surface area contributed by atoms with Gasteiger partial charge in [-0.05, 0) is 62.6 Å². The molecule has 0 radical (unpaired) electrons. The van der Waals surface area contributed by atoms with Crippen molar-refractivity contribution in [3.63, 3.8) is 0 Å². The topological polar surface area (TPSA) is 104 Å². The SMILES string of the molecule is CN(C)C/C=C/C(=O)Nc1cccc(Nc2cc(Nc3ccc(OCc4ccccn4)c(Cl)c3)ncn2)c1. The van der Waals surface area contributed by atoms with Gasteiger partial charge >= 0.3 is 0 Å². The third-order valence-corrected chi connectivity index (χ3v) is 5.41. The van der Waals surface area contributed by atoms with Crippen LogP contribution in [0.25, 0.3) is 0 Å². The molecule has 38 heavy (non-hydrogen) atoms. The number of nitrogens with zero attached hydrogens (tertiary/aromatic N) is 4. The van der Waals surface area contributed by atoms with Crippen LogP contribution in [0.1, 0.15) is 5.69 Å². The fourth-order valence-electron chi connectivity index (χ4n) is 3.35. The average molecular weight is 530 g/mol.